The van der Waals surface area contributed by atoms with Crippen molar-refractivity contribution >= 4 is 0 Å². The predicted octanol–water partition coefficient (Wildman–Crippen LogP) is 3.72. The third-order valence-corrected chi connectivity index (χ3v) is 4.29. The highest BCUT2D eigenvalue weighted by molar-refractivity contribution is 5.56. The Balaban J connectivity index is 1.47. The predicted molar refractivity (Wildman–Crippen MR) is 101 cm³/mol. The molecule has 6 heteroatoms. The average molecular weight is 355 g/mol. The van der Waals surface area contributed by atoms with Gasteiger partial charge in [-0.05, 0) is 56.1 Å². The standard InChI is InChI=1S/C20H25N3O3/c1-14-6-8-18(26-14)20-16(13-22-23-20)12-21-10-4-5-15-7-9-17(24-2)19(11-15)25-3/h6-9,11,13,21H,4-5,10,12H2,1-3H3,(H,22,23). The third-order valence-electron chi connectivity index (χ3n) is 4.29. The number of H-pyrrole nitrogens is 1. The highest BCUT2D eigenvalue weighted by Gasteiger charge is 2.10. The van der Waals surface area contributed by atoms with Gasteiger partial charge < -0.3 is 19.2 Å². The van der Waals surface area contributed by atoms with Crippen LogP contribution < -0.4 is 14.8 Å². The summed E-state index contributed by atoms with van der Waals surface area (Å²) < 4.78 is 16.3. The lowest BCUT2D eigenvalue weighted by Gasteiger charge is -2.10. The molecule has 2 heterocycles. The number of furan rings is 1. The molecular formula is C20H25N3O3. The van der Waals surface area contributed by atoms with Gasteiger partial charge in [0.2, 0.25) is 0 Å². The molecule has 3 aromatic rings. The van der Waals surface area contributed by atoms with Gasteiger partial charge in [-0.2, -0.15) is 5.10 Å². The molecule has 0 aliphatic rings. The van der Waals surface area contributed by atoms with E-state index in [9.17, 15) is 0 Å². The van der Waals surface area contributed by atoms with E-state index in [-0.39, 0.29) is 0 Å². The van der Waals surface area contributed by atoms with E-state index in [4.69, 9.17) is 13.9 Å². The van der Waals surface area contributed by atoms with Crippen LogP contribution in [0.3, 0.4) is 0 Å². The molecule has 0 saturated heterocycles. The SMILES string of the molecule is COc1ccc(CCCNCc2cn[nH]c2-c2ccc(C)o2)cc1OC. The monoisotopic (exact) mass is 355 g/mol. The van der Waals surface area contributed by atoms with Crippen molar-refractivity contribution in [1.29, 1.82) is 0 Å². The first-order valence-electron chi connectivity index (χ1n) is 8.72. The van der Waals surface area contributed by atoms with Gasteiger partial charge in [0.15, 0.2) is 17.3 Å². The molecule has 0 saturated carbocycles. The van der Waals surface area contributed by atoms with Crippen molar-refractivity contribution in [2.75, 3.05) is 20.8 Å². The first-order chi connectivity index (χ1) is 12.7. The molecule has 0 atom stereocenters. The fraction of sp³-hybridized carbons (Fsp3) is 0.350. The molecular weight excluding hydrogens is 330 g/mol. The van der Waals surface area contributed by atoms with Crippen LogP contribution in [0.5, 0.6) is 11.5 Å². The van der Waals surface area contributed by atoms with Crippen LogP contribution in [-0.4, -0.2) is 31.0 Å². The number of ether oxygens (including phenoxy) is 2. The van der Waals surface area contributed by atoms with E-state index in [1.807, 2.05) is 37.4 Å². The zero-order valence-corrected chi connectivity index (χ0v) is 15.5. The maximum absolute atomic E-state index is 5.67. The Hall–Kier alpha value is -2.73. The summed E-state index contributed by atoms with van der Waals surface area (Å²) in [4.78, 5) is 0. The van der Waals surface area contributed by atoms with Crippen LogP contribution in [0.25, 0.3) is 11.5 Å². The minimum Gasteiger partial charge on any atom is -0.493 e. The summed E-state index contributed by atoms with van der Waals surface area (Å²) in [6.07, 6.45) is 3.85. The Morgan fingerprint density at radius 3 is 2.69 bits per heavy atom. The number of aryl methyl sites for hydroxylation is 2. The van der Waals surface area contributed by atoms with E-state index < -0.39 is 0 Å². The lowest BCUT2D eigenvalue weighted by molar-refractivity contribution is 0.354. The van der Waals surface area contributed by atoms with Crippen LogP contribution in [0, 0.1) is 6.92 Å². The molecule has 2 N–H and O–H groups in total. The van der Waals surface area contributed by atoms with Crippen molar-refractivity contribution in [1.82, 2.24) is 15.5 Å². The molecule has 2 aromatic heterocycles. The molecule has 0 unspecified atom stereocenters. The minimum atomic E-state index is 0.748. The number of rotatable bonds is 9. The molecule has 0 radical (unpaired) electrons. The van der Waals surface area contributed by atoms with Gasteiger partial charge in [0.25, 0.3) is 0 Å². The highest BCUT2D eigenvalue weighted by Crippen LogP contribution is 2.28. The van der Waals surface area contributed by atoms with E-state index >= 15 is 0 Å². The van der Waals surface area contributed by atoms with E-state index in [0.29, 0.717) is 0 Å². The topological polar surface area (TPSA) is 72.3 Å². The van der Waals surface area contributed by atoms with Gasteiger partial charge in [-0.1, -0.05) is 6.07 Å². The van der Waals surface area contributed by atoms with Crippen LogP contribution in [0.1, 0.15) is 23.3 Å². The number of nitrogens with zero attached hydrogens (tertiary/aromatic N) is 1. The van der Waals surface area contributed by atoms with Gasteiger partial charge in [-0.15, -0.1) is 0 Å². The van der Waals surface area contributed by atoms with Gasteiger partial charge in [-0.3, -0.25) is 5.10 Å². The van der Waals surface area contributed by atoms with Crippen molar-refractivity contribution in [3.63, 3.8) is 0 Å². The highest BCUT2D eigenvalue weighted by atomic mass is 16.5. The lowest BCUT2D eigenvalue weighted by Crippen LogP contribution is -2.15. The van der Waals surface area contributed by atoms with Gasteiger partial charge in [0, 0.05) is 12.1 Å². The Kier molecular flexibility index (Phi) is 5.96. The Labute approximate surface area is 153 Å². The summed E-state index contributed by atoms with van der Waals surface area (Å²) in [6, 6.07) is 9.98. The minimum absolute atomic E-state index is 0.748. The Morgan fingerprint density at radius 1 is 1.12 bits per heavy atom. The van der Waals surface area contributed by atoms with E-state index in [0.717, 1.165) is 60.2 Å². The number of hydrogen-bond donors (Lipinski definition) is 2. The summed E-state index contributed by atoms with van der Waals surface area (Å²) in [5.41, 5.74) is 3.27. The number of hydrogen-bond acceptors (Lipinski definition) is 5. The number of nitrogens with one attached hydrogen (secondary N) is 2. The van der Waals surface area contributed by atoms with Gasteiger partial charge in [0.05, 0.1) is 20.4 Å². The largest absolute Gasteiger partial charge is 0.493 e. The van der Waals surface area contributed by atoms with Crippen LogP contribution in [0.4, 0.5) is 0 Å². The molecule has 0 fully saturated rings. The van der Waals surface area contributed by atoms with Crippen molar-refractivity contribution in [3.8, 4) is 23.0 Å². The lowest BCUT2D eigenvalue weighted by atomic mass is 10.1. The maximum Gasteiger partial charge on any atom is 0.160 e. The fourth-order valence-corrected chi connectivity index (χ4v) is 2.90. The smallest absolute Gasteiger partial charge is 0.160 e. The van der Waals surface area contributed by atoms with Gasteiger partial charge in [-0.25, -0.2) is 0 Å². The zero-order valence-electron chi connectivity index (χ0n) is 15.5. The first-order valence-corrected chi connectivity index (χ1v) is 8.72. The Morgan fingerprint density at radius 2 is 1.96 bits per heavy atom. The number of methoxy groups -OCH3 is 2. The van der Waals surface area contributed by atoms with Crippen molar-refractivity contribution in [2.24, 2.45) is 0 Å². The molecule has 0 aliphatic heterocycles. The molecule has 26 heavy (non-hydrogen) atoms. The maximum atomic E-state index is 5.67. The molecule has 0 bridgehead atoms. The molecule has 0 aliphatic carbocycles. The van der Waals surface area contributed by atoms with Crippen molar-refractivity contribution in [2.45, 2.75) is 26.3 Å². The van der Waals surface area contributed by atoms with Gasteiger partial charge >= 0.3 is 0 Å². The molecule has 3 rings (SSSR count). The quantitative estimate of drug-likeness (QED) is 0.573. The van der Waals surface area contributed by atoms with Crippen LogP contribution in [0.2, 0.25) is 0 Å². The average Bonchev–Trinajstić information content (AvgIpc) is 3.29. The summed E-state index contributed by atoms with van der Waals surface area (Å²) >= 11 is 0. The molecule has 1 aromatic carbocycles. The molecule has 6 nitrogen and oxygen atoms in total. The number of aromatic nitrogens is 2. The summed E-state index contributed by atoms with van der Waals surface area (Å²) in [5, 5.41) is 10.6. The normalized spacial score (nSPS) is 10.9. The molecule has 138 valence electrons. The molecule has 0 spiro atoms. The first kappa shape index (κ1) is 18.1. The molecule has 0 amide bonds. The summed E-state index contributed by atoms with van der Waals surface area (Å²) in [6.45, 7) is 3.60. The fourth-order valence-electron chi connectivity index (χ4n) is 2.90. The second-order valence-corrected chi connectivity index (χ2v) is 6.15. The van der Waals surface area contributed by atoms with E-state index in [1.54, 1.807) is 14.2 Å². The third kappa shape index (κ3) is 4.26. The van der Waals surface area contributed by atoms with Gasteiger partial charge in [0.1, 0.15) is 11.5 Å². The zero-order chi connectivity index (χ0) is 18.4. The van der Waals surface area contributed by atoms with Crippen molar-refractivity contribution < 1.29 is 13.9 Å². The Bertz CT molecular complexity index is 838. The van der Waals surface area contributed by atoms with E-state index in [2.05, 4.69) is 21.6 Å². The second-order valence-electron chi connectivity index (χ2n) is 6.15. The summed E-state index contributed by atoms with van der Waals surface area (Å²) in [5.74, 6) is 3.25. The second kappa shape index (κ2) is 8.58. The van der Waals surface area contributed by atoms with Crippen LogP contribution in [-0.2, 0) is 13.0 Å². The number of benzene rings is 1. The van der Waals surface area contributed by atoms with Crippen molar-refractivity contribution in [3.05, 3.63) is 53.4 Å². The number of aromatic amines is 1. The van der Waals surface area contributed by atoms with Crippen LogP contribution >= 0.6 is 0 Å². The van der Waals surface area contributed by atoms with Crippen LogP contribution in [0.15, 0.2) is 40.9 Å². The summed E-state index contributed by atoms with van der Waals surface area (Å²) in [7, 11) is 3.31. The van der Waals surface area contributed by atoms with E-state index in [1.165, 1.54) is 5.56 Å².